The normalized spacial score (nSPS) is 9.08. The fourth-order valence-electron chi connectivity index (χ4n) is 0.972. The number of ether oxygens (including phenoxy) is 1. The zero-order valence-corrected chi connectivity index (χ0v) is 6.61. The zero-order chi connectivity index (χ0) is 8.97. The monoisotopic (exact) mass is 162 g/mol. The Morgan fingerprint density at radius 2 is 2.33 bits per heavy atom. The van der Waals surface area contributed by atoms with Gasteiger partial charge in [0.05, 0.1) is 12.7 Å². The molecule has 1 radical (unpaired) electrons. The van der Waals surface area contributed by atoms with Crippen molar-refractivity contribution < 1.29 is 9.84 Å². The van der Waals surface area contributed by atoms with Gasteiger partial charge >= 0.3 is 0 Å². The second-order valence-corrected chi connectivity index (χ2v) is 2.17. The lowest BCUT2D eigenvalue weighted by Crippen LogP contribution is -1.93. The van der Waals surface area contributed by atoms with Crippen molar-refractivity contribution in [2.45, 2.75) is 0 Å². The molecule has 0 unspecified atom stereocenters. The number of rotatable bonds is 2. The van der Waals surface area contributed by atoms with E-state index in [4.69, 9.17) is 15.1 Å². The molecule has 1 N–H and O–H groups in total. The summed E-state index contributed by atoms with van der Waals surface area (Å²) in [6.45, 7) is 0.916. The molecule has 0 aliphatic heterocycles. The fraction of sp³-hybridized carbons (Fsp3) is 0.111. The molecule has 3 nitrogen and oxygen atoms in total. The van der Waals surface area contributed by atoms with Gasteiger partial charge in [-0.25, -0.2) is 0 Å². The van der Waals surface area contributed by atoms with Crippen molar-refractivity contribution in [1.82, 2.24) is 0 Å². The van der Waals surface area contributed by atoms with Crippen LogP contribution < -0.4 is 4.74 Å². The third kappa shape index (κ3) is 1.39. The van der Waals surface area contributed by atoms with Gasteiger partial charge in [0, 0.05) is 5.56 Å². The number of aliphatic hydroxyl groups is 1. The summed E-state index contributed by atoms with van der Waals surface area (Å²) in [7, 11) is 1.46. The molecule has 0 atom stereocenters. The van der Waals surface area contributed by atoms with Gasteiger partial charge in [-0.2, -0.15) is 5.26 Å². The van der Waals surface area contributed by atoms with Crippen LogP contribution in [0, 0.1) is 17.9 Å². The Bertz CT molecular complexity index is 315. The average molecular weight is 162 g/mol. The summed E-state index contributed by atoms with van der Waals surface area (Å²) in [6.07, 6.45) is 0. The quantitative estimate of drug-likeness (QED) is 0.716. The molecule has 1 aromatic carbocycles. The van der Waals surface area contributed by atoms with E-state index in [0.717, 1.165) is 6.61 Å². The van der Waals surface area contributed by atoms with Crippen LogP contribution in [0.15, 0.2) is 18.2 Å². The first-order chi connectivity index (χ1) is 5.83. The Kier molecular flexibility index (Phi) is 2.67. The molecule has 0 bridgehead atoms. The molecule has 1 rings (SSSR count). The van der Waals surface area contributed by atoms with Gasteiger partial charge in [-0.05, 0) is 6.07 Å². The zero-order valence-electron chi connectivity index (χ0n) is 6.61. The van der Waals surface area contributed by atoms with E-state index < -0.39 is 0 Å². The van der Waals surface area contributed by atoms with E-state index in [0.29, 0.717) is 16.9 Å². The number of hydrogen-bond donors (Lipinski definition) is 1. The van der Waals surface area contributed by atoms with Gasteiger partial charge in [0.2, 0.25) is 0 Å². The summed E-state index contributed by atoms with van der Waals surface area (Å²) < 4.78 is 4.94. The van der Waals surface area contributed by atoms with Crippen molar-refractivity contribution in [2.75, 3.05) is 7.11 Å². The Morgan fingerprint density at radius 3 is 2.83 bits per heavy atom. The number of nitrogens with zero attached hydrogens (tertiary/aromatic N) is 1. The summed E-state index contributed by atoms with van der Waals surface area (Å²) in [5.41, 5.74) is 0.928. The summed E-state index contributed by atoms with van der Waals surface area (Å²) in [5, 5.41) is 17.4. The maximum Gasteiger partial charge on any atom is 0.142 e. The number of aliphatic hydroxyl groups excluding tert-OH is 1. The molecule has 0 spiro atoms. The molecule has 0 aromatic heterocycles. The molecule has 3 heteroatoms. The Labute approximate surface area is 70.8 Å². The van der Waals surface area contributed by atoms with Crippen molar-refractivity contribution in [3.8, 4) is 11.8 Å². The third-order valence-electron chi connectivity index (χ3n) is 1.51. The highest BCUT2D eigenvalue weighted by molar-refractivity contribution is 5.50. The summed E-state index contributed by atoms with van der Waals surface area (Å²) in [5.74, 6) is 0.405. The van der Waals surface area contributed by atoms with Crippen LogP contribution in [-0.2, 0) is 0 Å². The van der Waals surface area contributed by atoms with E-state index >= 15 is 0 Å². The topological polar surface area (TPSA) is 53.2 Å². The van der Waals surface area contributed by atoms with Crippen molar-refractivity contribution in [1.29, 1.82) is 5.26 Å². The molecule has 61 valence electrons. The summed E-state index contributed by atoms with van der Waals surface area (Å²) >= 11 is 0. The first-order valence-corrected chi connectivity index (χ1v) is 3.38. The van der Waals surface area contributed by atoms with E-state index in [1.165, 1.54) is 7.11 Å². The first-order valence-electron chi connectivity index (χ1n) is 3.38. The Morgan fingerprint density at radius 1 is 1.58 bits per heavy atom. The van der Waals surface area contributed by atoms with Gasteiger partial charge in [-0.3, -0.25) is 0 Å². The van der Waals surface area contributed by atoms with Crippen molar-refractivity contribution in [3.05, 3.63) is 35.9 Å². The lowest BCUT2D eigenvalue weighted by molar-refractivity contribution is 0.383. The van der Waals surface area contributed by atoms with Gasteiger partial charge in [-0.1, -0.05) is 12.1 Å². The van der Waals surface area contributed by atoms with Crippen LogP contribution in [0.2, 0.25) is 0 Å². The highest BCUT2D eigenvalue weighted by atomic mass is 16.5. The predicted molar refractivity (Wildman–Crippen MR) is 43.0 cm³/mol. The minimum Gasteiger partial charge on any atom is -0.495 e. The lowest BCUT2D eigenvalue weighted by atomic mass is 10.1. The van der Waals surface area contributed by atoms with Crippen LogP contribution in [0.5, 0.6) is 5.75 Å². The molecule has 12 heavy (non-hydrogen) atoms. The molecular formula is C9H8NO2. The predicted octanol–water partition coefficient (Wildman–Crippen LogP) is 1.45. The van der Waals surface area contributed by atoms with Gasteiger partial charge in [0.15, 0.2) is 0 Å². The van der Waals surface area contributed by atoms with Crippen LogP contribution in [-0.4, -0.2) is 12.2 Å². The molecule has 0 amide bonds. The lowest BCUT2D eigenvalue weighted by Gasteiger charge is -2.05. The fourth-order valence-corrected chi connectivity index (χ4v) is 0.972. The molecule has 0 fully saturated rings. The Hall–Kier alpha value is -1.53. The van der Waals surface area contributed by atoms with Crippen molar-refractivity contribution >= 4 is 0 Å². The van der Waals surface area contributed by atoms with Crippen LogP contribution in [0.1, 0.15) is 11.1 Å². The minimum atomic E-state index is 0.405. The molecular weight excluding hydrogens is 154 g/mol. The summed E-state index contributed by atoms with van der Waals surface area (Å²) in [6, 6.07) is 6.95. The molecule has 1 aromatic rings. The maximum absolute atomic E-state index is 8.76. The second-order valence-electron chi connectivity index (χ2n) is 2.17. The standard InChI is InChI=1S/C9H8NO2/c1-12-9-7(5-10)3-2-4-8(9)6-11/h2-4,6,11H,1H3. The average Bonchev–Trinajstić information content (AvgIpc) is 2.16. The number of methoxy groups -OCH3 is 1. The minimum absolute atomic E-state index is 0.405. The van der Waals surface area contributed by atoms with Crippen molar-refractivity contribution in [2.24, 2.45) is 0 Å². The van der Waals surface area contributed by atoms with E-state index in [1.54, 1.807) is 18.2 Å². The molecule has 0 heterocycles. The maximum atomic E-state index is 8.76. The van der Waals surface area contributed by atoms with Crippen LogP contribution >= 0.6 is 0 Å². The number of hydrogen-bond acceptors (Lipinski definition) is 3. The van der Waals surface area contributed by atoms with E-state index in [2.05, 4.69) is 0 Å². The van der Waals surface area contributed by atoms with E-state index in [1.807, 2.05) is 6.07 Å². The summed E-state index contributed by atoms with van der Waals surface area (Å²) in [4.78, 5) is 0. The van der Waals surface area contributed by atoms with E-state index in [-0.39, 0.29) is 0 Å². The first kappa shape index (κ1) is 8.57. The SMILES string of the molecule is COc1c(C#N)cccc1[CH]O. The molecule has 0 aliphatic carbocycles. The van der Waals surface area contributed by atoms with Gasteiger partial charge in [0.1, 0.15) is 18.4 Å². The van der Waals surface area contributed by atoms with Gasteiger partial charge in [-0.15, -0.1) is 0 Å². The second kappa shape index (κ2) is 3.74. The van der Waals surface area contributed by atoms with E-state index in [9.17, 15) is 0 Å². The number of para-hydroxylation sites is 1. The van der Waals surface area contributed by atoms with Crippen LogP contribution in [0.25, 0.3) is 0 Å². The third-order valence-corrected chi connectivity index (χ3v) is 1.51. The van der Waals surface area contributed by atoms with Gasteiger partial charge < -0.3 is 9.84 Å². The number of benzene rings is 1. The van der Waals surface area contributed by atoms with Crippen molar-refractivity contribution in [3.63, 3.8) is 0 Å². The van der Waals surface area contributed by atoms with Gasteiger partial charge in [0.25, 0.3) is 0 Å². The smallest absolute Gasteiger partial charge is 0.142 e. The number of nitriles is 1. The van der Waals surface area contributed by atoms with Crippen LogP contribution in [0.3, 0.4) is 0 Å². The highest BCUT2D eigenvalue weighted by Crippen LogP contribution is 2.23. The molecule has 0 aliphatic rings. The Balaban J connectivity index is 3.24. The van der Waals surface area contributed by atoms with Crippen LogP contribution in [0.4, 0.5) is 0 Å². The largest absolute Gasteiger partial charge is 0.495 e. The molecule has 0 saturated heterocycles. The molecule has 0 saturated carbocycles. The highest BCUT2D eigenvalue weighted by Gasteiger charge is 2.06.